The Morgan fingerprint density at radius 3 is 2.83 bits per heavy atom. The minimum absolute atomic E-state index is 0.152. The number of nitrogens with one attached hydrogen (secondary N) is 1. The number of H-pyrrole nitrogens is 1. The highest BCUT2D eigenvalue weighted by atomic mass is 16.6. The molecule has 4 N–H and O–H groups in total. The van der Waals surface area contributed by atoms with Gasteiger partial charge in [0.2, 0.25) is 0 Å². The smallest absolute Gasteiger partial charge is 0.348 e. The molecule has 3 heterocycles. The lowest BCUT2D eigenvalue weighted by molar-refractivity contribution is -0.0511. The van der Waals surface area contributed by atoms with Crippen LogP contribution < -0.4 is 5.69 Å². The van der Waals surface area contributed by atoms with Gasteiger partial charge in [0.25, 0.3) is 0 Å². The van der Waals surface area contributed by atoms with Crippen molar-refractivity contribution in [3.8, 4) is 0 Å². The molecule has 0 amide bonds. The molecule has 24 heavy (non-hydrogen) atoms. The molecule has 2 aromatic heterocycles. The largest absolute Gasteiger partial charge is 0.394 e. The molecule has 0 saturated carbocycles. The lowest BCUT2D eigenvalue weighted by Gasteiger charge is -2.16. The molecular formula is C13H18N6O5. The van der Waals surface area contributed by atoms with Crippen LogP contribution in [0.3, 0.4) is 0 Å². The highest BCUT2D eigenvalue weighted by molar-refractivity contribution is 5.82. The quantitative estimate of drug-likeness (QED) is 0.368. The first-order valence-electron chi connectivity index (χ1n) is 7.22. The SMILES string of the molecule is CN(C)C=Nc1[nH]c(=O)nc2c1ncn2[C@@H]1O[C@H](CO)C(O)C1O. The van der Waals surface area contributed by atoms with Crippen LogP contribution in [0.5, 0.6) is 0 Å². The first kappa shape index (κ1) is 16.5. The molecule has 1 aliphatic heterocycles. The van der Waals surface area contributed by atoms with Gasteiger partial charge in [0.1, 0.15) is 18.3 Å². The first-order valence-corrected chi connectivity index (χ1v) is 7.22. The number of nitrogens with zero attached hydrogens (tertiary/aromatic N) is 5. The van der Waals surface area contributed by atoms with E-state index in [1.54, 1.807) is 19.0 Å². The topological polar surface area (TPSA) is 149 Å². The number of aliphatic hydroxyl groups is 3. The maximum atomic E-state index is 11.8. The molecule has 4 atom stereocenters. The summed E-state index contributed by atoms with van der Waals surface area (Å²) in [7, 11) is 3.55. The minimum Gasteiger partial charge on any atom is -0.394 e. The second-order valence-corrected chi connectivity index (χ2v) is 5.65. The summed E-state index contributed by atoms with van der Waals surface area (Å²) in [6, 6.07) is 0. The molecule has 0 aromatic carbocycles. The van der Waals surface area contributed by atoms with Crippen LogP contribution in [-0.4, -0.2) is 85.1 Å². The zero-order valence-electron chi connectivity index (χ0n) is 13.1. The summed E-state index contributed by atoms with van der Waals surface area (Å²) in [6.45, 7) is -0.451. The van der Waals surface area contributed by atoms with Gasteiger partial charge in [-0.15, -0.1) is 0 Å². The molecule has 1 fully saturated rings. The number of aliphatic imine (C=N–C) groups is 1. The Morgan fingerprint density at radius 1 is 1.46 bits per heavy atom. The van der Waals surface area contributed by atoms with Gasteiger partial charge in [-0.25, -0.2) is 14.8 Å². The van der Waals surface area contributed by atoms with Gasteiger partial charge in [-0.2, -0.15) is 4.98 Å². The summed E-state index contributed by atoms with van der Waals surface area (Å²) in [4.78, 5) is 28.1. The van der Waals surface area contributed by atoms with Gasteiger partial charge in [-0.05, 0) is 0 Å². The van der Waals surface area contributed by atoms with Gasteiger partial charge in [0, 0.05) is 14.1 Å². The van der Waals surface area contributed by atoms with E-state index in [-0.39, 0.29) is 11.5 Å². The molecule has 130 valence electrons. The molecule has 0 aliphatic carbocycles. The van der Waals surface area contributed by atoms with Crippen LogP contribution in [0.15, 0.2) is 16.1 Å². The van der Waals surface area contributed by atoms with Crippen molar-refractivity contribution in [2.24, 2.45) is 4.99 Å². The Hall–Kier alpha value is -2.34. The van der Waals surface area contributed by atoms with Crippen molar-refractivity contribution in [2.45, 2.75) is 24.5 Å². The number of hydrogen-bond donors (Lipinski definition) is 4. The number of aliphatic hydroxyl groups excluding tert-OH is 3. The standard InChI is InChI=1S/C13H18N6O5/c1-18(2)4-15-10-7-11(17-13(23)16-10)19(5-14-7)12-9(22)8(21)6(3-20)24-12/h4-6,8-9,12,20-22H,3H2,1-2H3,(H,16,17,23)/t6-,8?,9?,12-/m1/s1. The van der Waals surface area contributed by atoms with E-state index < -0.39 is 36.8 Å². The van der Waals surface area contributed by atoms with E-state index in [4.69, 9.17) is 4.74 Å². The number of aromatic amines is 1. The lowest BCUT2D eigenvalue weighted by Crippen LogP contribution is -2.33. The second kappa shape index (κ2) is 6.28. The van der Waals surface area contributed by atoms with E-state index in [1.807, 2.05) is 0 Å². The fourth-order valence-electron chi connectivity index (χ4n) is 2.48. The average Bonchev–Trinajstić information content (AvgIpc) is 3.07. The van der Waals surface area contributed by atoms with Crippen molar-refractivity contribution >= 4 is 23.3 Å². The second-order valence-electron chi connectivity index (χ2n) is 5.65. The molecule has 1 saturated heterocycles. The number of aromatic nitrogens is 4. The Kier molecular flexibility index (Phi) is 4.32. The molecule has 0 bridgehead atoms. The summed E-state index contributed by atoms with van der Waals surface area (Å²) < 4.78 is 6.78. The maximum Gasteiger partial charge on any atom is 0.348 e. The van der Waals surface area contributed by atoms with E-state index in [1.165, 1.54) is 17.2 Å². The zero-order chi connectivity index (χ0) is 17.4. The van der Waals surface area contributed by atoms with Gasteiger partial charge in [-0.1, -0.05) is 0 Å². The van der Waals surface area contributed by atoms with E-state index in [2.05, 4.69) is 19.9 Å². The van der Waals surface area contributed by atoms with E-state index in [0.717, 1.165) is 0 Å². The number of ether oxygens (including phenoxy) is 1. The van der Waals surface area contributed by atoms with Crippen LogP contribution in [0, 0.1) is 0 Å². The predicted molar refractivity (Wildman–Crippen MR) is 83.0 cm³/mol. The molecule has 0 radical (unpaired) electrons. The average molecular weight is 338 g/mol. The summed E-state index contributed by atoms with van der Waals surface area (Å²) in [6.07, 6.45) is -1.69. The Bertz CT molecular complexity index is 815. The number of rotatable bonds is 4. The molecule has 0 spiro atoms. The van der Waals surface area contributed by atoms with Gasteiger partial charge >= 0.3 is 5.69 Å². The maximum absolute atomic E-state index is 11.8. The monoisotopic (exact) mass is 338 g/mol. The number of imidazole rings is 1. The van der Waals surface area contributed by atoms with Gasteiger partial charge < -0.3 is 25.0 Å². The summed E-state index contributed by atoms with van der Waals surface area (Å²) in [5.41, 5.74) is -0.174. The van der Waals surface area contributed by atoms with Gasteiger partial charge in [0.05, 0.1) is 19.3 Å². The van der Waals surface area contributed by atoms with Crippen molar-refractivity contribution in [1.82, 2.24) is 24.4 Å². The normalized spacial score (nSPS) is 27.4. The zero-order valence-corrected chi connectivity index (χ0v) is 13.1. The molecule has 1 aliphatic rings. The van der Waals surface area contributed by atoms with E-state index in [0.29, 0.717) is 5.52 Å². The lowest BCUT2D eigenvalue weighted by atomic mass is 10.1. The van der Waals surface area contributed by atoms with Crippen LogP contribution in [0.25, 0.3) is 11.2 Å². The van der Waals surface area contributed by atoms with Crippen LogP contribution >= 0.6 is 0 Å². The van der Waals surface area contributed by atoms with Crippen molar-refractivity contribution in [2.75, 3.05) is 20.7 Å². The Balaban J connectivity index is 2.07. The fourth-order valence-corrected chi connectivity index (χ4v) is 2.48. The molecule has 11 heteroatoms. The van der Waals surface area contributed by atoms with Crippen LogP contribution in [0.4, 0.5) is 5.82 Å². The molecular weight excluding hydrogens is 320 g/mol. The molecule has 11 nitrogen and oxygen atoms in total. The Morgan fingerprint density at radius 2 is 2.21 bits per heavy atom. The number of hydrogen-bond acceptors (Lipinski definition) is 8. The Labute approximate surface area is 135 Å². The summed E-state index contributed by atoms with van der Waals surface area (Å²) >= 11 is 0. The summed E-state index contributed by atoms with van der Waals surface area (Å²) in [5, 5.41) is 29.2. The molecule has 2 aromatic rings. The third-order valence-electron chi connectivity index (χ3n) is 3.63. The number of fused-ring (bicyclic) bond motifs is 1. The highest BCUT2D eigenvalue weighted by Crippen LogP contribution is 2.32. The predicted octanol–water partition coefficient (Wildman–Crippen LogP) is -2.05. The van der Waals surface area contributed by atoms with Crippen molar-refractivity contribution in [3.05, 3.63) is 16.8 Å². The van der Waals surface area contributed by atoms with Crippen LogP contribution in [0.2, 0.25) is 0 Å². The molecule has 2 unspecified atom stereocenters. The van der Waals surface area contributed by atoms with E-state index in [9.17, 15) is 20.1 Å². The van der Waals surface area contributed by atoms with Crippen molar-refractivity contribution < 1.29 is 20.1 Å². The van der Waals surface area contributed by atoms with E-state index >= 15 is 0 Å². The molecule has 3 rings (SSSR count). The van der Waals surface area contributed by atoms with Crippen LogP contribution in [-0.2, 0) is 4.74 Å². The minimum atomic E-state index is -1.30. The van der Waals surface area contributed by atoms with Crippen molar-refractivity contribution in [3.63, 3.8) is 0 Å². The van der Waals surface area contributed by atoms with Crippen molar-refractivity contribution in [1.29, 1.82) is 0 Å². The summed E-state index contributed by atoms with van der Waals surface area (Å²) in [5.74, 6) is 0.212. The third-order valence-corrected chi connectivity index (χ3v) is 3.63. The first-order chi connectivity index (χ1) is 11.4. The third kappa shape index (κ3) is 2.78. The van der Waals surface area contributed by atoms with Gasteiger partial charge in [-0.3, -0.25) is 9.55 Å². The van der Waals surface area contributed by atoms with Crippen LogP contribution in [0.1, 0.15) is 6.23 Å². The fraction of sp³-hybridized carbons (Fsp3) is 0.538. The highest BCUT2D eigenvalue weighted by Gasteiger charge is 2.44. The van der Waals surface area contributed by atoms with Gasteiger partial charge in [0.15, 0.2) is 23.2 Å².